The molecule has 2 aromatic rings. The van der Waals surface area contributed by atoms with E-state index in [1.54, 1.807) is 17.1 Å². The van der Waals surface area contributed by atoms with Crippen LogP contribution in [0.4, 0.5) is 0 Å². The Morgan fingerprint density at radius 3 is 3.00 bits per heavy atom. The van der Waals surface area contributed by atoms with Gasteiger partial charge >= 0.3 is 0 Å². The van der Waals surface area contributed by atoms with Crippen LogP contribution < -0.4 is 5.32 Å². The van der Waals surface area contributed by atoms with Gasteiger partial charge in [-0.25, -0.2) is 0 Å². The Kier molecular flexibility index (Phi) is 3.65. The maximum Gasteiger partial charge on any atom is 0.109 e. The van der Waals surface area contributed by atoms with E-state index in [1.807, 2.05) is 26.2 Å². The highest BCUT2D eigenvalue weighted by atomic mass is 16.3. The molecule has 0 saturated heterocycles. The standard InChI is InChI=1S/C17H25N3O2/c1-16(2)7-14(13-5-6-22-15(13)8-16)18-11-17(3,21)12-9-19-20(4)10-12/h5-6,9-10,14,18,21H,7-8,11H2,1-4H3. The molecule has 5 heteroatoms. The molecule has 3 rings (SSSR count). The first-order valence-electron chi connectivity index (χ1n) is 7.78. The number of nitrogens with zero attached hydrogens (tertiary/aromatic N) is 2. The molecule has 22 heavy (non-hydrogen) atoms. The smallest absolute Gasteiger partial charge is 0.109 e. The highest BCUT2D eigenvalue weighted by Gasteiger charge is 2.35. The number of furan rings is 1. The van der Waals surface area contributed by atoms with Crippen LogP contribution in [0.15, 0.2) is 29.1 Å². The summed E-state index contributed by atoms with van der Waals surface area (Å²) in [5, 5.41) is 18.4. The van der Waals surface area contributed by atoms with Gasteiger partial charge < -0.3 is 14.8 Å². The molecule has 0 saturated carbocycles. The van der Waals surface area contributed by atoms with Crippen LogP contribution >= 0.6 is 0 Å². The van der Waals surface area contributed by atoms with Gasteiger partial charge in [0, 0.05) is 43.4 Å². The van der Waals surface area contributed by atoms with E-state index in [-0.39, 0.29) is 11.5 Å². The summed E-state index contributed by atoms with van der Waals surface area (Å²) in [6, 6.07) is 2.25. The van der Waals surface area contributed by atoms with Crippen molar-refractivity contribution < 1.29 is 9.52 Å². The van der Waals surface area contributed by atoms with E-state index < -0.39 is 5.60 Å². The van der Waals surface area contributed by atoms with Gasteiger partial charge in [0.15, 0.2) is 0 Å². The lowest BCUT2D eigenvalue weighted by Crippen LogP contribution is -2.40. The summed E-state index contributed by atoms with van der Waals surface area (Å²) in [6.45, 7) is 6.81. The molecule has 0 bridgehead atoms. The molecule has 2 aromatic heterocycles. The second-order valence-electron chi connectivity index (χ2n) is 7.45. The minimum Gasteiger partial charge on any atom is -0.469 e. The number of aryl methyl sites for hydroxylation is 1. The number of aromatic nitrogens is 2. The SMILES string of the molecule is Cn1cc(C(C)(O)CNC2CC(C)(C)Cc3occc32)cn1. The topological polar surface area (TPSA) is 63.2 Å². The monoisotopic (exact) mass is 303 g/mol. The molecular weight excluding hydrogens is 278 g/mol. The van der Waals surface area contributed by atoms with Crippen molar-refractivity contribution in [3.8, 4) is 0 Å². The number of hydrogen-bond acceptors (Lipinski definition) is 4. The third kappa shape index (κ3) is 2.96. The van der Waals surface area contributed by atoms with Crippen LogP contribution in [0.2, 0.25) is 0 Å². The van der Waals surface area contributed by atoms with Gasteiger partial charge in [0.1, 0.15) is 11.4 Å². The van der Waals surface area contributed by atoms with Crippen LogP contribution in [0.25, 0.3) is 0 Å². The van der Waals surface area contributed by atoms with Crippen molar-refractivity contribution in [3.05, 3.63) is 41.6 Å². The molecule has 0 aromatic carbocycles. The Labute approximate surface area is 131 Å². The van der Waals surface area contributed by atoms with Crippen molar-refractivity contribution in [3.63, 3.8) is 0 Å². The van der Waals surface area contributed by atoms with E-state index >= 15 is 0 Å². The summed E-state index contributed by atoms with van der Waals surface area (Å²) in [7, 11) is 1.86. The first kappa shape index (κ1) is 15.3. The molecule has 2 N–H and O–H groups in total. The predicted molar refractivity (Wildman–Crippen MR) is 84.3 cm³/mol. The second-order valence-corrected chi connectivity index (χ2v) is 7.45. The number of nitrogens with one attached hydrogen (secondary N) is 1. The van der Waals surface area contributed by atoms with Gasteiger partial charge in [-0.05, 0) is 24.8 Å². The van der Waals surface area contributed by atoms with Crippen LogP contribution in [-0.2, 0) is 19.1 Å². The third-order valence-corrected chi connectivity index (χ3v) is 4.57. The molecule has 0 aliphatic heterocycles. The fourth-order valence-electron chi connectivity index (χ4n) is 3.28. The van der Waals surface area contributed by atoms with Crippen LogP contribution in [0, 0.1) is 5.41 Å². The highest BCUT2D eigenvalue weighted by Crippen LogP contribution is 2.41. The Bertz CT molecular complexity index is 654. The minimum atomic E-state index is -0.945. The van der Waals surface area contributed by atoms with E-state index in [2.05, 4.69) is 24.3 Å². The number of aliphatic hydroxyl groups is 1. The number of rotatable bonds is 4. The van der Waals surface area contributed by atoms with Gasteiger partial charge in [-0.2, -0.15) is 5.10 Å². The molecule has 2 heterocycles. The summed E-state index contributed by atoms with van der Waals surface area (Å²) in [5.41, 5.74) is 1.30. The first-order chi connectivity index (χ1) is 10.3. The Hall–Kier alpha value is -1.59. The highest BCUT2D eigenvalue weighted by molar-refractivity contribution is 5.26. The number of fused-ring (bicyclic) bond motifs is 1. The number of hydrogen-bond donors (Lipinski definition) is 2. The molecule has 2 atom stereocenters. The first-order valence-corrected chi connectivity index (χ1v) is 7.78. The van der Waals surface area contributed by atoms with Gasteiger partial charge in [0.05, 0.1) is 12.5 Å². The van der Waals surface area contributed by atoms with E-state index in [0.29, 0.717) is 6.54 Å². The van der Waals surface area contributed by atoms with Crippen LogP contribution in [0.3, 0.4) is 0 Å². The maximum absolute atomic E-state index is 10.7. The molecule has 0 spiro atoms. The summed E-state index contributed by atoms with van der Waals surface area (Å²) >= 11 is 0. The Morgan fingerprint density at radius 2 is 2.32 bits per heavy atom. The fourth-order valence-corrected chi connectivity index (χ4v) is 3.28. The van der Waals surface area contributed by atoms with Gasteiger partial charge in [-0.1, -0.05) is 13.8 Å². The van der Waals surface area contributed by atoms with Crippen molar-refractivity contribution in [2.45, 2.75) is 45.3 Å². The fraction of sp³-hybridized carbons (Fsp3) is 0.588. The van der Waals surface area contributed by atoms with Crippen molar-refractivity contribution in [2.24, 2.45) is 12.5 Å². The van der Waals surface area contributed by atoms with Crippen LogP contribution in [0.1, 0.15) is 50.1 Å². The van der Waals surface area contributed by atoms with E-state index in [4.69, 9.17) is 4.42 Å². The molecule has 5 nitrogen and oxygen atoms in total. The lowest BCUT2D eigenvalue weighted by molar-refractivity contribution is 0.0505. The van der Waals surface area contributed by atoms with E-state index in [1.165, 1.54) is 5.56 Å². The van der Waals surface area contributed by atoms with Crippen LogP contribution in [0.5, 0.6) is 0 Å². The summed E-state index contributed by atoms with van der Waals surface area (Å²) < 4.78 is 7.34. The molecule has 1 aliphatic carbocycles. The van der Waals surface area contributed by atoms with Crippen LogP contribution in [-0.4, -0.2) is 21.4 Å². The lowest BCUT2D eigenvalue weighted by atomic mass is 9.74. The van der Waals surface area contributed by atoms with Crippen molar-refractivity contribution in [2.75, 3.05) is 6.54 Å². The normalized spacial score (nSPS) is 23.0. The molecule has 0 fully saturated rings. The predicted octanol–water partition coefficient (Wildman–Crippen LogP) is 2.52. The Balaban J connectivity index is 1.74. The summed E-state index contributed by atoms with van der Waals surface area (Å²) in [5.74, 6) is 1.06. The minimum absolute atomic E-state index is 0.197. The zero-order chi connectivity index (χ0) is 16.0. The largest absolute Gasteiger partial charge is 0.469 e. The zero-order valence-electron chi connectivity index (χ0n) is 13.8. The lowest BCUT2D eigenvalue weighted by Gasteiger charge is -2.36. The van der Waals surface area contributed by atoms with Crippen molar-refractivity contribution in [1.82, 2.24) is 15.1 Å². The average molecular weight is 303 g/mol. The molecule has 0 radical (unpaired) electrons. The molecule has 2 unspecified atom stereocenters. The van der Waals surface area contributed by atoms with Crippen molar-refractivity contribution >= 4 is 0 Å². The Morgan fingerprint density at radius 1 is 1.55 bits per heavy atom. The van der Waals surface area contributed by atoms with Gasteiger partial charge in [0.2, 0.25) is 0 Å². The van der Waals surface area contributed by atoms with Gasteiger partial charge in [-0.15, -0.1) is 0 Å². The summed E-state index contributed by atoms with van der Waals surface area (Å²) in [4.78, 5) is 0. The molecule has 120 valence electrons. The van der Waals surface area contributed by atoms with E-state index in [9.17, 15) is 5.11 Å². The average Bonchev–Trinajstić information content (AvgIpc) is 3.03. The second kappa shape index (κ2) is 5.25. The van der Waals surface area contributed by atoms with Gasteiger partial charge in [0.25, 0.3) is 0 Å². The van der Waals surface area contributed by atoms with Gasteiger partial charge in [-0.3, -0.25) is 4.68 Å². The van der Waals surface area contributed by atoms with Crippen molar-refractivity contribution in [1.29, 1.82) is 0 Å². The zero-order valence-corrected chi connectivity index (χ0v) is 13.8. The molecule has 1 aliphatic rings. The quantitative estimate of drug-likeness (QED) is 0.911. The maximum atomic E-state index is 10.7. The molecule has 0 amide bonds. The molecular formula is C17H25N3O2. The van der Waals surface area contributed by atoms with E-state index in [0.717, 1.165) is 24.2 Å². The summed E-state index contributed by atoms with van der Waals surface area (Å²) in [6.07, 6.45) is 7.33. The third-order valence-electron chi connectivity index (χ3n) is 4.57.